The number of anilines is 1. The quantitative estimate of drug-likeness (QED) is 0.762. The first-order chi connectivity index (χ1) is 14.0. The molecule has 2 amide bonds. The number of benzene rings is 1. The molecule has 160 valence electrons. The van der Waals surface area contributed by atoms with Gasteiger partial charge in [-0.2, -0.15) is 0 Å². The van der Waals surface area contributed by atoms with E-state index < -0.39 is 0 Å². The zero-order chi connectivity index (χ0) is 20.6. The average Bonchev–Trinajstić information content (AvgIpc) is 2.72. The van der Waals surface area contributed by atoms with Gasteiger partial charge in [-0.3, -0.25) is 14.5 Å². The minimum absolute atomic E-state index is 0.0179. The molecule has 1 N–H and O–H groups in total. The van der Waals surface area contributed by atoms with Gasteiger partial charge in [0.1, 0.15) is 0 Å². The summed E-state index contributed by atoms with van der Waals surface area (Å²) in [6.45, 7) is 4.19. The first kappa shape index (κ1) is 21.8. The van der Waals surface area contributed by atoms with Crippen molar-refractivity contribution in [3.8, 4) is 0 Å². The summed E-state index contributed by atoms with van der Waals surface area (Å²) in [6.07, 6.45) is 9.09. The summed E-state index contributed by atoms with van der Waals surface area (Å²) in [4.78, 5) is 28.4. The van der Waals surface area contributed by atoms with Crippen LogP contribution < -0.4 is 5.32 Å². The first-order valence-corrected chi connectivity index (χ1v) is 11.0. The Kier molecular flexibility index (Phi) is 8.07. The van der Waals surface area contributed by atoms with Crippen molar-refractivity contribution in [2.24, 2.45) is 0 Å². The van der Waals surface area contributed by atoms with Crippen LogP contribution in [0.25, 0.3) is 0 Å². The van der Waals surface area contributed by atoms with Crippen molar-refractivity contribution < 1.29 is 14.3 Å². The number of rotatable bonds is 7. The number of ether oxygens (including phenoxy) is 1. The fourth-order valence-corrected chi connectivity index (χ4v) is 4.13. The molecule has 3 rings (SSSR count). The third-order valence-electron chi connectivity index (χ3n) is 5.97. The number of hydrogen-bond donors (Lipinski definition) is 1. The maximum absolute atomic E-state index is 12.5. The molecule has 1 aromatic rings. The molecule has 6 nitrogen and oxygen atoms in total. The molecular formula is C23H35N3O3. The van der Waals surface area contributed by atoms with Crippen LogP contribution in [0.2, 0.25) is 0 Å². The summed E-state index contributed by atoms with van der Waals surface area (Å²) in [5.74, 6) is -0.194. The van der Waals surface area contributed by atoms with Gasteiger partial charge in [-0.25, -0.2) is 0 Å². The predicted octanol–water partition coefficient (Wildman–Crippen LogP) is 3.21. The molecule has 1 saturated carbocycles. The third kappa shape index (κ3) is 7.12. The molecule has 0 atom stereocenters. The van der Waals surface area contributed by atoms with Gasteiger partial charge in [-0.05, 0) is 44.7 Å². The van der Waals surface area contributed by atoms with E-state index in [0.29, 0.717) is 18.8 Å². The summed E-state index contributed by atoms with van der Waals surface area (Å²) in [5, 5.41) is 2.84. The lowest BCUT2D eigenvalue weighted by atomic mass is 9.97. The fraction of sp³-hybridized carbons (Fsp3) is 0.652. The van der Waals surface area contributed by atoms with E-state index in [1.807, 2.05) is 31.2 Å². The summed E-state index contributed by atoms with van der Waals surface area (Å²) < 4.78 is 6.27. The number of piperidine rings is 1. The Labute approximate surface area is 174 Å². The Hall–Kier alpha value is -1.92. The zero-order valence-corrected chi connectivity index (χ0v) is 17.9. The van der Waals surface area contributed by atoms with Gasteiger partial charge in [-0.1, -0.05) is 37.0 Å². The number of hydrogen-bond acceptors (Lipinski definition) is 4. The molecule has 0 bridgehead atoms. The lowest BCUT2D eigenvalue weighted by Gasteiger charge is -2.35. The number of nitrogens with zero attached hydrogens (tertiary/aromatic N) is 2. The maximum atomic E-state index is 12.5. The molecular weight excluding hydrogens is 366 g/mol. The number of aryl methyl sites for hydroxylation is 1. The van der Waals surface area contributed by atoms with Crippen LogP contribution in [0.15, 0.2) is 24.3 Å². The van der Waals surface area contributed by atoms with Crippen LogP contribution in [0.3, 0.4) is 0 Å². The minimum atomic E-state index is -0.177. The van der Waals surface area contributed by atoms with E-state index in [9.17, 15) is 9.59 Å². The zero-order valence-electron chi connectivity index (χ0n) is 17.9. The van der Waals surface area contributed by atoms with Crippen molar-refractivity contribution in [1.29, 1.82) is 0 Å². The van der Waals surface area contributed by atoms with E-state index in [2.05, 4.69) is 10.2 Å². The highest BCUT2D eigenvalue weighted by molar-refractivity contribution is 5.94. The highest BCUT2D eigenvalue weighted by Gasteiger charge is 2.25. The average molecular weight is 402 g/mol. The normalized spacial score (nSPS) is 19.1. The van der Waals surface area contributed by atoms with Gasteiger partial charge in [0.2, 0.25) is 11.8 Å². The Morgan fingerprint density at radius 1 is 1.03 bits per heavy atom. The lowest BCUT2D eigenvalue weighted by molar-refractivity contribution is -0.135. The molecule has 2 aliphatic rings. The molecule has 1 heterocycles. The SMILES string of the molecule is Cc1ccc(NC(=O)CN(C)C(=O)CN2CCC(OC3CCCCC3)CC2)cc1. The monoisotopic (exact) mass is 401 g/mol. The lowest BCUT2D eigenvalue weighted by Crippen LogP contribution is -2.45. The van der Waals surface area contributed by atoms with Gasteiger partial charge in [0.15, 0.2) is 0 Å². The molecule has 1 aliphatic carbocycles. The molecule has 0 unspecified atom stereocenters. The number of likely N-dealkylation sites (N-methyl/N-ethyl adjacent to an activating group) is 1. The summed E-state index contributed by atoms with van der Waals surface area (Å²) in [5.41, 5.74) is 1.89. The minimum Gasteiger partial charge on any atom is -0.375 e. The Bertz CT molecular complexity index is 662. The van der Waals surface area contributed by atoms with Crippen molar-refractivity contribution in [3.05, 3.63) is 29.8 Å². The maximum Gasteiger partial charge on any atom is 0.243 e. The number of amides is 2. The summed E-state index contributed by atoms with van der Waals surface area (Å²) >= 11 is 0. The Morgan fingerprint density at radius 2 is 1.66 bits per heavy atom. The molecule has 1 aromatic carbocycles. The van der Waals surface area contributed by atoms with Crippen LogP contribution in [0, 0.1) is 6.92 Å². The van der Waals surface area contributed by atoms with E-state index in [4.69, 9.17) is 4.74 Å². The van der Waals surface area contributed by atoms with Crippen LogP contribution in [0.5, 0.6) is 0 Å². The van der Waals surface area contributed by atoms with E-state index in [-0.39, 0.29) is 18.4 Å². The number of carbonyl (C=O) groups is 2. The molecule has 2 fully saturated rings. The van der Waals surface area contributed by atoms with Crippen LogP contribution in [-0.4, -0.2) is 67.0 Å². The number of nitrogens with one attached hydrogen (secondary N) is 1. The van der Waals surface area contributed by atoms with Crippen molar-refractivity contribution in [2.45, 2.75) is 64.1 Å². The van der Waals surface area contributed by atoms with Crippen LogP contribution in [0.4, 0.5) is 5.69 Å². The van der Waals surface area contributed by atoms with E-state index in [1.165, 1.54) is 37.0 Å². The van der Waals surface area contributed by atoms with Crippen molar-refractivity contribution in [2.75, 3.05) is 38.5 Å². The largest absolute Gasteiger partial charge is 0.375 e. The standard InChI is InChI=1S/C23H35N3O3/c1-18-8-10-19(11-9-18)24-22(27)16-25(2)23(28)17-26-14-12-21(13-15-26)29-20-6-4-3-5-7-20/h8-11,20-21H,3-7,12-17H2,1-2H3,(H,24,27). The number of carbonyl (C=O) groups excluding carboxylic acids is 2. The second-order valence-electron chi connectivity index (χ2n) is 8.54. The molecule has 0 spiro atoms. The Balaban J connectivity index is 1.35. The molecule has 6 heteroatoms. The summed E-state index contributed by atoms with van der Waals surface area (Å²) in [6, 6.07) is 7.64. The highest BCUT2D eigenvalue weighted by Crippen LogP contribution is 2.24. The van der Waals surface area contributed by atoms with Gasteiger partial charge >= 0.3 is 0 Å². The van der Waals surface area contributed by atoms with Crippen LogP contribution >= 0.6 is 0 Å². The van der Waals surface area contributed by atoms with Crippen molar-refractivity contribution in [3.63, 3.8) is 0 Å². The predicted molar refractivity (Wildman–Crippen MR) is 115 cm³/mol. The van der Waals surface area contributed by atoms with Gasteiger partial charge in [0.05, 0.1) is 25.3 Å². The van der Waals surface area contributed by atoms with Gasteiger partial charge in [0, 0.05) is 25.8 Å². The highest BCUT2D eigenvalue weighted by atomic mass is 16.5. The van der Waals surface area contributed by atoms with Gasteiger partial charge < -0.3 is 15.0 Å². The summed E-state index contributed by atoms with van der Waals surface area (Å²) in [7, 11) is 1.69. The third-order valence-corrected chi connectivity index (χ3v) is 5.97. The fourth-order valence-electron chi connectivity index (χ4n) is 4.13. The molecule has 0 aromatic heterocycles. The van der Waals surface area contributed by atoms with Gasteiger partial charge in [0.25, 0.3) is 0 Å². The topological polar surface area (TPSA) is 61.9 Å². The van der Waals surface area contributed by atoms with E-state index in [1.54, 1.807) is 7.05 Å². The van der Waals surface area contributed by atoms with E-state index in [0.717, 1.165) is 37.2 Å². The first-order valence-electron chi connectivity index (χ1n) is 11.0. The second kappa shape index (κ2) is 10.7. The Morgan fingerprint density at radius 3 is 2.31 bits per heavy atom. The second-order valence-corrected chi connectivity index (χ2v) is 8.54. The van der Waals surface area contributed by atoms with Gasteiger partial charge in [-0.15, -0.1) is 0 Å². The van der Waals surface area contributed by atoms with Crippen LogP contribution in [-0.2, 0) is 14.3 Å². The van der Waals surface area contributed by atoms with Crippen molar-refractivity contribution in [1.82, 2.24) is 9.80 Å². The molecule has 0 radical (unpaired) electrons. The smallest absolute Gasteiger partial charge is 0.243 e. The van der Waals surface area contributed by atoms with Crippen molar-refractivity contribution >= 4 is 17.5 Å². The molecule has 1 aliphatic heterocycles. The molecule has 1 saturated heterocycles. The number of likely N-dealkylation sites (tertiary alicyclic amines) is 1. The molecule has 29 heavy (non-hydrogen) atoms. The van der Waals surface area contributed by atoms with E-state index >= 15 is 0 Å². The van der Waals surface area contributed by atoms with Crippen LogP contribution in [0.1, 0.15) is 50.5 Å².